The van der Waals surface area contributed by atoms with E-state index in [1.54, 1.807) is 18.7 Å². The lowest BCUT2D eigenvalue weighted by molar-refractivity contribution is -0.166. The van der Waals surface area contributed by atoms with Crippen LogP contribution in [0.3, 0.4) is 0 Å². The zero-order chi connectivity index (χ0) is 31.4. The summed E-state index contributed by atoms with van der Waals surface area (Å²) in [7, 11) is 0. The van der Waals surface area contributed by atoms with E-state index in [0.717, 1.165) is 6.42 Å². The number of amides is 2. The van der Waals surface area contributed by atoms with Crippen molar-refractivity contribution in [1.82, 2.24) is 4.90 Å². The molecule has 2 atom stereocenters. The molecule has 0 aliphatic heterocycles. The van der Waals surface area contributed by atoms with E-state index in [-0.39, 0.29) is 0 Å². The Morgan fingerprint density at radius 3 is 1.18 bits per heavy atom. The Morgan fingerprint density at radius 1 is 0.614 bits per heavy atom. The van der Waals surface area contributed by atoms with Crippen molar-refractivity contribution in [3.63, 3.8) is 0 Å². The van der Waals surface area contributed by atoms with Crippen LogP contribution in [-0.4, -0.2) is 39.0 Å². The van der Waals surface area contributed by atoms with Gasteiger partial charge in [-0.1, -0.05) is 141 Å². The van der Waals surface area contributed by atoms with E-state index in [0.29, 0.717) is 47.9 Å². The molecule has 2 unspecified atom stereocenters. The normalized spacial score (nSPS) is 16.5. The Morgan fingerprint density at radius 2 is 0.909 bits per heavy atom. The molecule has 6 nitrogen and oxygen atoms in total. The second kappa shape index (κ2) is 12.8. The average Bonchev–Trinajstić information content (AvgIpc) is 3.09. The van der Waals surface area contributed by atoms with Crippen LogP contribution in [0.2, 0.25) is 0 Å². The number of nitrogens with zero attached hydrogens (tertiary/aromatic N) is 1. The van der Waals surface area contributed by atoms with Gasteiger partial charge in [0.1, 0.15) is 16.6 Å². The first-order valence-corrected chi connectivity index (χ1v) is 15.5. The van der Waals surface area contributed by atoms with Crippen LogP contribution in [0.5, 0.6) is 0 Å². The third-order valence-electron chi connectivity index (χ3n) is 9.72. The minimum atomic E-state index is -1.70. The van der Waals surface area contributed by atoms with Crippen molar-refractivity contribution in [1.29, 1.82) is 0 Å². The lowest BCUT2D eigenvalue weighted by Gasteiger charge is -2.51. The van der Waals surface area contributed by atoms with E-state index in [9.17, 15) is 15.0 Å². The van der Waals surface area contributed by atoms with Gasteiger partial charge in [0.25, 0.3) is 0 Å². The van der Waals surface area contributed by atoms with Gasteiger partial charge in [0.15, 0.2) is 0 Å². The summed E-state index contributed by atoms with van der Waals surface area (Å²) in [5, 5.41) is 25.9. The SMILES string of the molecule is CC(N(C(=O)C1(C(N)=O)CCCCC1)C(C)C(O)(c1ccccc1)c1ccccc1)C(O)(c1ccccc1)c1ccccc1. The average molecular weight is 591 g/mol. The quantitative estimate of drug-likeness (QED) is 0.200. The fourth-order valence-corrected chi connectivity index (χ4v) is 7.12. The highest BCUT2D eigenvalue weighted by Gasteiger charge is 2.55. The molecule has 0 heterocycles. The van der Waals surface area contributed by atoms with Gasteiger partial charge in [-0.25, -0.2) is 0 Å². The Bertz CT molecular complexity index is 1360. The molecule has 228 valence electrons. The summed E-state index contributed by atoms with van der Waals surface area (Å²) in [6.45, 7) is 3.59. The molecule has 4 N–H and O–H groups in total. The number of nitrogens with two attached hydrogens (primary N) is 1. The number of hydrogen-bond donors (Lipinski definition) is 3. The minimum Gasteiger partial charge on any atom is -0.378 e. The first-order chi connectivity index (χ1) is 21.2. The molecule has 0 saturated heterocycles. The minimum absolute atomic E-state index is 0.321. The molecule has 2 amide bonds. The van der Waals surface area contributed by atoms with E-state index in [1.807, 2.05) is 121 Å². The van der Waals surface area contributed by atoms with E-state index < -0.39 is 40.5 Å². The first-order valence-electron chi connectivity index (χ1n) is 15.5. The molecule has 1 saturated carbocycles. The molecule has 6 heteroatoms. The predicted octanol–water partition coefficient (Wildman–Crippen LogP) is 5.90. The number of aliphatic hydroxyl groups is 2. The van der Waals surface area contributed by atoms with Gasteiger partial charge in [0.2, 0.25) is 11.8 Å². The summed E-state index contributed by atoms with van der Waals surface area (Å²) in [5.41, 5.74) is 3.58. The molecule has 5 rings (SSSR count). The van der Waals surface area contributed by atoms with Gasteiger partial charge >= 0.3 is 0 Å². The van der Waals surface area contributed by atoms with Crippen molar-refractivity contribution in [2.75, 3.05) is 0 Å². The van der Waals surface area contributed by atoms with Gasteiger partial charge in [-0.15, -0.1) is 0 Å². The van der Waals surface area contributed by atoms with Gasteiger partial charge < -0.3 is 20.8 Å². The molecular formula is C38H42N2O4. The van der Waals surface area contributed by atoms with Crippen LogP contribution < -0.4 is 5.73 Å². The fourth-order valence-electron chi connectivity index (χ4n) is 7.12. The first kappa shape index (κ1) is 31.2. The van der Waals surface area contributed by atoms with Crippen LogP contribution in [0.25, 0.3) is 0 Å². The smallest absolute Gasteiger partial charge is 0.238 e. The van der Waals surface area contributed by atoms with Gasteiger partial charge in [0.05, 0.1) is 12.1 Å². The largest absolute Gasteiger partial charge is 0.378 e. The molecule has 1 aliphatic rings. The van der Waals surface area contributed by atoms with Crippen molar-refractivity contribution in [2.24, 2.45) is 11.1 Å². The summed E-state index contributed by atoms with van der Waals surface area (Å²) < 4.78 is 0. The summed E-state index contributed by atoms with van der Waals surface area (Å²) in [4.78, 5) is 30.0. The Labute approximate surface area is 260 Å². The van der Waals surface area contributed by atoms with Crippen LogP contribution in [0.1, 0.15) is 68.2 Å². The van der Waals surface area contributed by atoms with Gasteiger partial charge in [-0.2, -0.15) is 0 Å². The fraction of sp³-hybridized carbons (Fsp3) is 0.316. The maximum Gasteiger partial charge on any atom is 0.238 e. The third-order valence-corrected chi connectivity index (χ3v) is 9.72. The number of primary amides is 1. The molecule has 4 aromatic rings. The maximum absolute atomic E-state index is 15.2. The molecule has 0 bridgehead atoms. The maximum atomic E-state index is 15.2. The van der Waals surface area contributed by atoms with Gasteiger partial charge in [-0.05, 0) is 48.9 Å². The molecule has 1 aliphatic carbocycles. The topological polar surface area (TPSA) is 104 Å². The van der Waals surface area contributed by atoms with Crippen LogP contribution in [0.4, 0.5) is 0 Å². The van der Waals surface area contributed by atoms with Crippen LogP contribution in [-0.2, 0) is 20.8 Å². The number of benzene rings is 4. The summed E-state index contributed by atoms with van der Waals surface area (Å²) >= 11 is 0. The van der Waals surface area contributed by atoms with E-state index >= 15 is 4.79 Å². The Kier molecular flexibility index (Phi) is 9.05. The Hall–Kier alpha value is -4.26. The lowest BCUT2D eigenvalue weighted by Crippen LogP contribution is -2.65. The van der Waals surface area contributed by atoms with E-state index in [2.05, 4.69) is 0 Å². The third kappa shape index (κ3) is 5.33. The molecule has 4 aromatic carbocycles. The van der Waals surface area contributed by atoms with Crippen molar-refractivity contribution < 1.29 is 19.8 Å². The van der Waals surface area contributed by atoms with E-state index in [4.69, 9.17) is 5.73 Å². The van der Waals surface area contributed by atoms with Gasteiger partial charge in [-0.3, -0.25) is 9.59 Å². The highest BCUT2D eigenvalue weighted by Crippen LogP contribution is 2.46. The summed E-state index contributed by atoms with van der Waals surface area (Å²) in [5.74, 6) is -1.14. The highest BCUT2D eigenvalue weighted by molar-refractivity contribution is 6.04. The van der Waals surface area contributed by atoms with E-state index in [1.165, 1.54) is 0 Å². The van der Waals surface area contributed by atoms with Gasteiger partial charge in [0, 0.05) is 0 Å². The zero-order valence-corrected chi connectivity index (χ0v) is 25.5. The predicted molar refractivity (Wildman–Crippen MR) is 172 cm³/mol. The lowest BCUT2D eigenvalue weighted by atomic mass is 9.70. The molecule has 0 aromatic heterocycles. The van der Waals surface area contributed by atoms with Crippen LogP contribution in [0, 0.1) is 5.41 Å². The second-order valence-corrected chi connectivity index (χ2v) is 12.1. The number of hydrogen-bond acceptors (Lipinski definition) is 4. The molecule has 44 heavy (non-hydrogen) atoms. The molecule has 0 radical (unpaired) electrons. The molecule has 0 spiro atoms. The number of rotatable bonds is 10. The second-order valence-electron chi connectivity index (χ2n) is 12.1. The summed E-state index contributed by atoms with van der Waals surface area (Å²) in [6.07, 6.45) is 2.93. The summed E-state index contributed by atoms with van der Waals surface area (Å²) in [6, 6.07) is 35.1. The van der Waals surface area contributed by atoms with Crippen molar-refractivity contribution in [2.45, 2.75) is 69.2 Å². The number of carbonyl (C=O) groups is 2. The highest BCUT2D eigenvalue weighted by atomic mass is 16.3. The molecule has 1 fully saturated rings. The van der Waals surface area contributed by atoms with Crippen molar-refractivity contribution in [3.8, 4) is 0 Å². The Balaban J connectivity index is 1.77. The monoisotopic (exact) mass is 590 g/mol. The zero-order valence-electron chi connectivity index (χ0n) is 25.5. The van der Waals surface area contributed by atoms with Crippen molar-refractivity contribution in [3.05, 3.63) is 144 Å². The standard InChI is InChI=1S/C38H42N2O4/c1-28(37(43,30-18-8-3-9-19-30)31-20-10-4-11-21-31)40(35(42)36(34(39)41)26-16-7-17-27-36)29(2)38(44,32-22-12-5-13-23-32)33-24-14-6-15-25-33/h3-6,8-15,18-25,28-29,43-44H,7,16-17,26-27H2,1-2H3,(H2,39,41). The van der Waals surface area contributed by atoms with Crippen LogP contribution in [0.15, 0.2) is 121 Å². The van der Waals surface area contributed by atoms with Crippen molar-refractivity contribution >= 4 is 11.8 Å². The van der Waals surface area contributed by atoms with Crippen LogP contribution >= 0.6 is 0 Å². The number of carbonyl (C=O) groups excluding carboxylic acids is 2. The molecular weight excluding hydrogens is 548 g/mol.